The number of fused-ring (bicyclic) bond motifs is 3. The summed E-state index contributed by atoms with van der Waals surface area (Å²) in [7, 11) is 0. The number of rotatable bonds is 6. The molecule has 0 saturated carbocycles. The number of aromatic nitrogens is 4. The third-order valence-corrected chi connectivity index (χ3v) is 7.65. The number of anilines is 1. The summed E-state index contributed by atoms with van der Waals surface area (Å²) in [5, 5.41) is 11.3. The van der Waals surface area contributed by atoms with Gasteiger partial charge in [-0.25, -0.2) is 14.5 Å². The number of hydrogen-bond donors (Lipinski definition) is 2. The number of amides is 1. The van der Waals surface area contributed by atoms with Crippen LogP contribution in [0, 0.1) is 0 Å². The van der Waals surface area contributed by atoms with E-state index in [1.165, 1.54) is 5.56 Å². The lowest BCUT2D eigenvalue weighted by atomic mass is 9.92. The molecule has 0 atom stereocenters. The standard InChI is InChI=1S/C27H28N6O3S.ClH/c1-16(2)33-24(30-26(32-33)31-27(34)36-15-17-6-4-3-5-7-17)25-29-23-20-9-8-18(19-13-28-14-19)12-21(20)35-11-10-22(23)37-25;/h3-9,12,16,19,28H,10-11,13-15H2,1-2H3,(H,31,32,34);1H. The van der Waals surface area contributed by atoms with E-state index in [9.17, 15) is 4.79 Å². The smallest absolute Gasteiger partial charge is 0.414 e. The third-order valence-electron chi connectivity index (χ3n) is 6.54. The molecule has 1 fully saturated rings. The lowest BCUT2D eigenvalue weighted by Crippen LogP contribution is -2.39. The first kappa shape index (κ1) is 26.1. The molecule has 38 heavy (non-hydrogen) atoms. The average molecular weight is 553 g/mol. The Balaban J connectivity index is 0.00000294. The molecule has 2 N–H and O–H groups in total. The fourth-order valence-electron chi connectivity index (χ4n) is 4.45. The average Bonchev–Trinajstić information content (AvgIpc) is 3.43. The van der Waals surface area contributed by atoms with Crippen LogP contribution in [0.25, 0.3) is 22.1 Å². The maximum absolute atomic E-state index is 12.4. The molecule has 2 aromatic heterocycles. The molecule has 0 bridgehead atoms. The Morgan fingerprint density at radius 3 is 2.76 bits per heavy atom. The number of nitrogens with one attached hydrogen (secondary N) is 2. The molecule has 1 saturated heterocycles. The summed E-state index contributed by atoms with van der Waals surface area (Å²) in [6.07, 6.45) is 0.170. The van der Waals surface area contributed by atoms with Crippen molar-refractivity contribution in [1.82, 2.24) is 25.1 Å². The molecule has 4 aromatic rings. The lowest BCUT2D eigenvalue weighted by molar-refractivity contribution is 0.155. The van der Waals surface area contributed by atoms with Crippen LogP contribution in [-0.4, -0.2) is 45.5 Å². The number of carbonyl (C=O) groups excluding carboxylic acids is 1. The first-order valence-corrected chi connectivity index (χ1v) is 13.3. The number of hydrogen-bond acceptors (Lipinski definition) is 8. The van der Waals surface area contributed by atoms with Crippen LogP contribution in [0.5, 0.6) is 5.75 Å². The molecule has 198 valence electrons. The molecule has 2 aromatic carbocycles. The molecule has 0 aliphatic carbocycles. The monoisotopic (exact) mass is 552 g/mol. The van der Waals surface area contributed by atoms with Crippen LogP contribution < -0.4 is 15.4 Å². The van der Waals surface area contributed by atoms with Crippen LogP contribution in [0.1, 0.15) is 41.8 Å². The molecule has 0 unspecified atom stereocenters. The molecular formula is C27H29ClN6O3S. The van der Waals surface area contributed by atoms with Gasteiger partial charge >= 0.3 is 6.09 Å². The first-order chi connectivity index (χ1) is 18.0. The van der Waals surface area contributed by atoms with Gasteiger partial charge in [0.25, 0.3) is 5.95 Å². The van der Waals surface area contributed by atoms with Crippen molar-refractivity contribution in [3.63, 3.8) is 0 Å². The Kier molecular flexibility index (Phi) is 7.64. The van der Waals surface area contributed by atoms with Crippen LogP contribution in [0.2, 0.25) is 0 Å². The van der Waals surface area contributed by atoms with Crippen molar-refractivity contribution in [2.24, 2.45) is 0 Å². The van der Waals surface area contributed by atoms with E-state index in [2.05, 4.69) is 38.9 Å². The van der Waals surface area contributed by atoms with Gasteiger partial charge in [0.2, 0.25) is 0 Å². The van der Waals surface area contributed by atoms with E-state index in [1.807, 2.05) is 44.2 Å². The minimum atomic E-state index is -0.602. The van der Waals surface area contributed by atoms with Crippen LogP contribution >= 0.6 is 23.7 Å². The fourth-order valence-corrected chi connectivity index (χ4v) is 5.48. The highest BCUT2D eigenvalue weighted by atomic mass is 35.5. The normalized spacial score (nSPS) is 14.4. The summed E-state index contributed by atoms with van der Waals surface area (Å²) < 4.78 is 13.2. The van der Waals surface area contributed by atoms with Crippen molar-refractivity contribution in [3.8, 4) is 27.8 Å². The largest absolute Gasteiger partial charge is 0.492 e. The Bertz CT molecular complexity index is 1430. The van der Waals surface area contributed by atoms with Gasteiger partial charge < -0.3 is 14.8 Å². The number of halogens is 1. The highest BCUT2D eigenvalue weighted by Gasteiger charge is 2.26. The number of nitrogens with zero attached hydrogens (tertiary/aromatic N) is 4. The van der Waals surface area contributed by atoms with Crippen LogP contribution in [0.4, 0.5) is 10.7 Å². The maximum atomic E-state index is 12.4. The highest BCUT2D eigenvalue weighted by molar-refractivity contribution is 7.15. The van der Waals surface area contributed by atoms with E-state index < -0.39 is 6.09 Å². The highest BCUT2D eigenvalue weighted by Crippen LogP contribution is 2.41. The lowest BCUT2D eigenvalue weighted by Gasteiger charge is -2.28. The SMILES string of the molecule is CC(C)n1nc(NC(=O)OCc2ccccc2)nc1-c1nc2c(s1)CCOc1cc(C3CNC3)ccc1-2.Cl. The van der Waals surface area contributed by atoms with E-state index >= 15 is 0 Å². The van der Waals surface area contributed by atoms with Gasteiger partial charge in [0.05, 0.1) is 12.3 Å². The van der Waals surface area contributed by atoms with Gasteiger partial charge in [-0.15, -0.1) is 28.8 Å². The van der Waals surface area contributed by atoms with Gasteiger partial charge in [-0.3, -0.25) is 5.32 Å². The second kappa shape index (κ2) is 11.1. The Morgan fingerprint density at radius 2 is 2.03 bits per heavy atom. The van der Waals surface area contributed by atoms with Gasteiger partial charge in [0, 0.05) is 41.9 Å². The second-order valence-corrected chi connectivity index (χ2v) is 10.6. The topological polar surface area (TPSA) is 103 Å². The van der Waals surface area contributed by atoms with Crippen molar-refractivity contribution in [1.29, 1.82) is 0 Å². The predicted octanol–water partition coefficient (Wildman–Crippen LogP) is 5.44. The molecule has 0 spiro atoms. The van der Waals surface area contributed by atoms with Crippen LogP contribution in [-0.2, 0) is 17.8 Å². The number of benzene rings is 2. The Morgan fingerprint density at radius 1 is 1.21 bits per heavy atom. The summed E-state index contributed by atoms with van der Waals surface area (Å²) >= 11 is 1.59. The van der Waals surface area contributed by atoms with E-state index in [4.69, 9.17) is 14.5 Å². The summed E-state index contributed by atoms with van der Waals surface area (Å²) in [4.78, 5) is 23.2. The van der Waals surface area contributed by atoms with Gasteiger partial charge in [0.15, 0.2) is 10.8 Å². The number of ether oxygens (including phenoxy) is 2. The molecule has 2 aliphatic heterocycles. The van der Waals surface area contributed by atoms with Crippen molar-refractivity contribution >= 4 is 35.8 Å². The molecule has 9 nitrogen and oxygen atoms in total. The van der Waals surface area contributed by atoms with E-state index in [0.29, 0.717) is 18.3 Å². The summed E-state index contributed by atoms with van der Waals surface area (Å²) in [6.45, 7) is 6.83. The van der Waals surface area contributed by atoms with Crippen LogP contribution in [0.3, 0.4) is 0 Å². The Hall–Kier alpha value is -3.47. The van der Waals surface area contributed by atoms with Gasteiger partial charge in [-0.2, -0.15) is 4.98 Å². The molecule has 2 aliphatic rings. The number of thiazole rings is 1. The van der Waals surface area contributed by atoms with E-state index in [1.54, 1.807) is 16.0 Å². The zero-order chi connectivity index (χ0) is 25.4. The second-order valence-electron chi connectivity index (χ2n) is 9.48. The van der Waals surface area contributed by atoms with Crippen molar-refractivity contribution in [3.05, 3.63) is 64.5 Å². The van der Waals surface area contributed by atoms with Crippen molar-refractivity contribution in [2.45, 2.75) is 38.8 Å². The maximum Gasteiger partial charge on any atom is 0.414 e. The summed E-state index contributed by atoms with van der Waals surface area (Å²) in [6, 6.07) is 16.0. The van der Waals surface area contributed by atoms with Crippen LogP contribution in [0.15, 0.2) is 48.5 Å². The number of carbonyl (C=O) groups is 1. The molecule has 6 rings (SSSR count). The third kappa shape index (κ3) is 5.24. The summed E-state index contributed by atoms with van der Waals surface area (Å²) in [5.74, 6) is 2.23. The molecule has 4 heterocycles. The van der Waals surface area contributed by atoms with Gasteiger partial charge in [-0.1, -0.05) is 36.4 Å². The minimum Gasteiger partial charge on any atom is -0.492 e. The van der Waals surface area contributed by atoms with Crippen molar-refractivity contribution < 1.29 is 14.3 Å². The molecule has 11 heteroatoms. The quantitative estimate of drug-likeness (QED) is 0.328. The predicted molar refractivity (Wildman–Crippen MR) is 149 cm³/mol. The minimum absolute atomic E-state index is 0. The van der Waals surface area contributed by atoms with E-state index in [-0.39, 0.29) is 31.0 Å². The molecule has 1 amide bonds. The zero-order valence-electron chi connectivity index (χ0n) is 21.1. The first-order valence-electron chi connectivity index (χ1n) is 12.5. The van der Waals surface area contributed by atoms with Gasteiger partial charge in [0.1, 0.15) is 12.4 Å². The molecule has 0 radical (unpaired) electrons. The fraction of sp³-hybridized carbons (Fsp3) is 0.333. The summed E-state index contributed by atoms with van der Waals surface area (Å²) in [5.41, 5.74) is 4.14. The van der Waals surface area contributed by atoms with Crippen molar-refractivity contribution in [2.75, 3.05) is 25.0 Å². The van der Waals surface area contributed by atoms with Gasteiger partial charge in [-0.05, 0) is 37.1 Å². The zero-order valence-corrected chi connectivity index (χ0v) is 22.8. The van der Waals surface area contributed by atoms with E-state index in [0.717, 1.165) is 52.0 Å². The Labute approximate surface area is 231 Å². The molecular weight excluding hydrogens is 524 g/mol.